The average Bonchev–Trinajstić information content (AvgIpc) is 3.71. The first-order valence-electron chi connectivity index (χ1n) is 24.0. The van der Waals surface area contributed by atoms with Gasteiger partial charge in [-0.1, -0.05) is 68.7 Å². The van der Waals surface area contributed by atoms with Crippen LogP contribution in [0.15, 0.2) is 24.3 Å². The zero-order chi connectivity index (χ0) is 50.7. The largest absolute Gasteiger partial charge is 0.420 e. The summed E-state index contributed by atoms with van der Waals surface area (Å²) in [6.07, 6.45) is 2.86. The van der Waals surface area contributed by atoms with E-state index in [4.69, 9.17) is 34.4 Å². The van der Waals surface area contributed by atoms with Crippen LogP contribution in [0.3, 0.4) is 0 Å². The summed E-state index contributed by atoms with van der Waals surface area (Å²) in [5, 5.41) is 0.983. The number of hydrogen-bond acceptors (Lipinski definition) is 12. The highest BCUT2D eigenvalue weighted by atomic mass is 19.2. The fourth-order valence-electron chi connectivity index (χ4n) is 8.46. The van der Waals surface area contributed by atoms with Crippen molar-refractivity contribution in [2.24, 2.45) is 21.7 Å². The summed E-state index contributed by atoms with van der Waals surface area (Å²) in [4.78, 5) is 46.3. The highest BCUT2D eigenvalue weighted by molar-refractivity contribution is 6.07. The van der Waals surface area contributed by atoms with Crippen molar-refractivity contribution in [2.45, 2.75) is 94.4 Å². The molecule has 0 atom stereocenters. The molecule has 0 spiro atoms. The zero-order valence-electron chi connectivity index (χ0n) is 42.4. The van der Waals surface area contributed by atoms with E-state index in [1.165, 1.54) is 0 Å². The van der Waals surface area contributed by atoms with Gasteiger partial charge in [-0.15, -0.1) is 0 Å². The molecule has 384 valence electrons. The van der Waals surface area contributed by atoms with Gasteiger partial charge in [0, 0.05) is 93.7 Å². The summed E-state index contributed by atoms with van der Waals surface area (Å²) in [6.45, 7) is 24.9. The maximum absolute atomic E-state index is 14.2. The second-order valence-corrected chi connectivity index (χ2v) is 21.7. The Morgan fingerprint density at radius 2 is 1.41 bits per heavy atom. The van der Waals surface area contributed by atoms with Crippen LogP contribution in [0.4, 0.5) is 29.1 Å². The monoisotopic (exact) mass is 974 g/mol. The Morgan fingerprint density at radius 1 is 0.783 bits per heavy atom. The van der Waals surface area contributed by atoms with E-state index >= 15 is 0 Å². The van der Waals surface area contributed by atoms with Crippen LogP contribution in [0.2, 0.25) is 0 Å². The Hall–Kier alpha value is -4.62. The SMILES string of the molecule is CCCCc1nc2c([nH]1)c(N)nc1ccc(N3CCN(CCOCCN(CC(C)(C)COCC(C)(C)CC(=O)Oc4c(F)c(F)cc(F)c4F)C(=O)CC(C)(C)COCC(C)(C)COC)CC3)cc12. The number of rotatable bonds is 27. The van der Waals surface area contributed by atoms with Gasteiger partial charge in [-0.25, -0.2) is 18.7 Å². The smallest absolute Gasteiger partial charge is 0.312 e. The van der Waals surface area contributed by atoms with Crippen LogP contribution in [0.5, 0.6) is 5.75 Å². The first-order chi connectivity index (χ1) is 32.4. The van der Waals surface area contributed by atoms with Crippen LogP contribution in [-0.4, -0.2) is 136 Å². The Kier molecular flexibility index (Phi) is 19.2. The second-order valence-electron chi connectivity index (χ2n) is 21.7. The number of benzene rings is 2. The number of aromatic nitrogens is 3. The number of amides is 1. The summed E-state index contributed by atoms with van der Waals surface area (Å²) in [7, 11) is 1.66. The van der Waals surface area contributed by atoms with Crippen LogP contribution < -0.4 is 15.4 Å². The van der Waals surface area contributed by atoms with Gasteiger partial charge in [-0.3, -0.25) is 14.5 Å². The summed E-state index contributed by atoms with van der Waals surface area (Å²) < 4.78 is 84.1. The summed E-state index contributed by atoms with van der Waals surface area (Å²) in [5.74, 6) is -8.14. The van der Waals surface area contributed by atoms with Gasteiger partial charge in [0.1, 0.15) is 22.7 Å². The quantitative estimate of drug-likeness (QED) is 0.0193. The second kappa shape index (κ2) is 24.0. The molecule has 5 rings (SSSR count). The lowest BCUT2D eigenvalue weighted by Gasteiger charge is -2.36. The molecule has 14 nitrogen and oxygen atoms in total. The summed E-state index contributed by atoms with van der Waals surface area (Å²) in [5.41, 5.74) is 7.81. The van der Waals surface area contributed by atoms with Crippen molar-refractivity contribution < 1.29 is 50.8 Å². The topological polar surface area (TPSA) is 158 Å². The molecule has 2 aromatic heterocycles. The third-order valence-corrected chi connectivity index (χ3v) is 12.1. The van der Waals surface area contributed by atoms with Gasteiger partial charge in [0.15, 0.2) is 11.6 Å². The Bertz CT molecular complexity index is 2320. The van der Waals surface area contributed by atoms with Gasteiger partial charge in [-0.05, 0) is 35.4 Å². The molecule has 0 radical (unpaired) electrons. The number of unbranched alkanes of at least 4 members (excludes halogenated alkanes) is 1. The molecule has 1 aliphatic heterocycles. The number of hydrogen-bond donors (Lipinski definition) is 2. The van der Waals surface area contributed by atoms with Gasteiger partial charge >= 0.3 is 5.97 Å². The summed E-state index contributed by atoms with van der Waals surface area (Å²) >= 11 is 0. The van der Waals surface area contributed by atoms with Crippen molar-refractivity contribution >= 4 is 45.3 Å². The lowest BCUT2D eigenvalue weighted by molar-refractivity contribution is -0.140. The fourth-order valence-corrected chi connectivity index (χ4v) is 8.46. The summed E-state index contributed by atoms with van der Waals surface area (Å²) in [6, 6.07) is 6.33. The molecule has 18 heteroatoms. The Balaban J connectivity index is 1.13. The molecule has 3 N–H and O–H groups in total. The fraction of sp³-hybridized carbons (Fsp3) is 0.647. The first-order valence-corrected chi connectivity index (χ1v) is 24.0. The number of nitrogens with one attached hydrogen (secondary N) is 1. The molecule has 0 unspecified atom stereocenters. The van der Waals surface area contributed by atoms with Gasteiger partial charge in [0.2, 0.25) is 23.3 Å². The number of nitrogens with two attached hydrogens (primary N) is 1. The standard InChI is InChI=1S/C51H75F4N7O7/c1-11-12-13-39-58-44-35-24-34(14-15-38(35)57-47(56)45(44)59-39)61-18-16-60(17-19-61)20-22-66-23-21-62(40(63)26-48(2,3)30-68-33-51(8,9)29-65-10)28-50(6,7)32-67-31-49(4,5)27-41(64)69-46-42(54)36(52)25-37(53)43(46)55/h14-15,24-25H,11-13,16-23,26-33H2,1-10H3,(H2,56,57)(H,58,59). The van der Waals surface area contributed by atoms with Crippen LogP contribution in [0, 0.1) is 44.9 Å². The molecule has 0 saturated carbocycles. The molecule has 2 aromatic carbocycles. The lowest BCUT2D eigenvalue weighted by atomic mass is 9.88. The number of H-pyrrole nitrogens is 1. The number of aromatic amines is 1. The van der Waals surface area contributed by atoms with Gasteiger partial charge in [0.25, 0.3) is 0 Å². The molecule has 1 amide bonds. The third-order valence-electron chi connectivity index (χ3n) is 12.1. The van der Waals surface area contributed by atoms with Gasteiger partial charge < -0.3 is 44.2 Å². The number of carbonyl (C=O) groups excluding carboxylic acids is 2. The predicted molar refractivity (Wildman–Crippen MR) is 260 cm³/mol. The molecule has 4 aromatic rings. The molecule has 1 fully saturated rings. The van der Waals surface area contributed by atoms with E-state index in [0.717, 1.165) is 85.4 Å². The number of carbonyl (C=O) groups is 2. The molecule has 0 aliphatic carbocycles. The van der Waals surface area contributed by atoms with E-state index in [0.29, 0.717) is 51.9 Å². The van der Waals surface area contributed by atoms with Crippen LogP contribution in [0.25, 0.3) is 21.9 Å². The minimum Gasteiger partial charge on any atom is -0.420 e. The van der Waals surface area contributed by atoms with E-state index in [1.807, 2.05) is 33.8 Å². The van der Waals surface area contributed by atoms with Crippen molar-refractivity contribution in [3.8, 4) is 5.75 Å². The highest BCUT2D eigenvalue weighted by Crippen LogP contribution is 2.32. The number of ether oxygens (including phenoxy) is 5. The predicted octanol–water partition coefficient (Wildman–Crippen LogP) is 8.73. The number of imidazole rings is 1. The van der Waals surface area contributed by atoms with Crippen molar-refractivity contribution in [2.75, 3.05) is 110 Å². The number of esters is 1. The van der Waals surface area contributed by atoms with E-state index in [1.54, 1.807) is 25.9 Å². The first kappa shape index (κ1) is 55.3. The van der Waals surface area contributed by atoms with Crippen LogP contribution in [0.1, 0.15) is 93.8 Å². The van der Waals surface area contributed by atoms with Crippen LogP contribution >= 0.6 is 0 Å². The number of anilines is 2. The molecule has 0 bridgehead atoms. The van der Waals surface area contributed by atoms with Gasteiger partial charge in [0.05, 0.1) is 58.2 Å². The Morgan fingerprint density at radius 3 is 2.04 bits per heavy atom. The van der Waals surface area contributed by atoms with Gasteiger partial charge in [-0.2, -0.15) is 8.78 Å². The maximum atomic E-state index is 14.2. The molecular formula is C51H75F4N7O7. The maximum Gasteiger partial charge on any atom is 0.312 e. The number of methoxy groups -OCH3 is 1. The molecule has 69 heavy (non-hydrogen) atoms. The number of piperazine rings is 1. The third kappa shape index (κ3) is 16.2. The number of nitrogens with zero attached hydrogens (tertiary/aromatic N) is 5. The number of fused-ring (bicyclic) bond motifs is 3. The van der Waals surface area contributed by atoms with E-state index in [-0.39, 0.29) is 43.4 Å². The van der Waals surface area contributed by atoms with Crippen molar-refractivity contribution in [1.29, 1.82) is 0 Å². The number of halogens is 4. The van der Waals surface area contributed by atoms with Crippen molar-refractivity contribution in [3.05, 3.63) is 53.4 Å². The molecule has 1 aliphatic rings. The average molecular weight is 974 g/mol. The number of aryl methyl sites for hydroxylation is 1. The van der Waals surface area contributed by atoms with Crippen LogP contribution in [-0.2, 0) is 35.0 Å². The van der Waals surface area contributed by atoms with Crippen molar-refractivity contribution in [3.63, 3.8) is 0 Å². The molecule has 3 heterocycles. The van der Waals surface area contributed by atoms with Crippen molar-refractivity contribution in [1.82, 2.24) is 24.8 Å². The molecular weight excluding hydrogens is 899 g/mol. The molecule has 1 saturated heterocycles. The number of pyridine rings is 1. The van der Waals surface area contributed by atoms with E-state index < -0.39 is 51.2 Å². The lowest BCUT2D eigenvalue weighted by Crippen LogP contribution is -2.47. The van der Waals surface area contributed by atoms with E-state index in [2.05, 4.69) is 52.7 Å². The highest BCUT2D eigenvalue weighted by Gasteiger charge is 2.33. The number of nitrogen functional groups attached to an aromatic ring is 1. The minimum absolute atomic E-state index is 0.0346. The minimum atomic E-state index is -1.80. The van der Waals surface area contributed by atoms with E-state index in [9.17, 15) is 27.2 Å². The normalized spacial score (nSPS) is 14.3. The Labute approximate surface area is 404 Å². The zero-order valence-corrected chi connectivity index (χ0v) is 42.4.